The molecule has 1 N–H and O–H groups in total. The second-order valence-corrected chi connectivity index (χ2v) is 6.77. The topological polar surface area (TPSA) is 48.0 Å². The smallest absolute Gasteiger partial charge is 0.159 e. The number of aromatic nitrogens is 3. The highest BCUT2D eigenvalue weighted by molar-refractivity contribution is 6.30. The van der Waals surface area contributed by atoms with Crippen molar-refractivity contribution in [2.24, 2.45) is 0 Å². The highest BCUT2D eigenvalue weighted by atomic mass is 35.5. The first-order valence-corrected chi connectivity index (χ1v) is 8.78. The van der Waals surface area contributed by atoms with Crippen LogP contribution in [-0.4, -0.2) is 53.3 Å². The molecule has 0 aliphatic carbocycles. The average molecular weight is 354 g/mol. The van der Waals surface area contributed by atoms with Crippen molar-refractivity contribution in [3.05, 3.63) is 53.8 Å². The summed E-state index contributed by atoms with van der Waals surface area (Å²) in [6.45, 7) is 4.02. The fourth-order valence-electron chi connectivity index (χ4n) is 3.20. The van der Waals surface area contributed by atoms with E-state index >= 15 is 0 Å². The second kappa shape index (κ2) is 6.86. The van der Waals surface area contributed by atoms with Crippen molar-refractivity contribution in [1.29, 1.82) is 0 Å². The maximum atomic E-state index is 6.05. The van der Waals surface area contributed by atoms with Gasteiger partial charge in [-0.1, -0.05) is 23.7 Å². The van der Waals surface area contributed by atoms with E-state index in [9.17, 15) is 0 Å². The number of benzene rings is 1. The van der Waals surface area contributed by atoms with Crippen molar-refractivity contribution in [1.82, 2.24) is 20.1 Å². The second-order valence-electron chi connectivity index (χ2n) is 6.33. The number of likely N-dealkylation sites (N-methyl/N-ethyl adjacent to an activating group) is 1. The fraction of sp³-hybridized carbons (Fsp3) is 0.263. The monoisotopic (exact) mass is 353 g/mol. The molecule has 1 aliphatic heterocycles. The Morgan fingerprint density at radius 1 is 0.920 bits per heavy atom. The van der Waals surface area contributed by atoms with E-state index in [2.05, 4.69) is 32.0 Å². The fourth-order valence-corrected chi connectivity index (χ4v) is 3.32. The number of piperazine rings is 1. The van der Waals surface area contributed by atoms with E-state index in [4.69, 9.17) is 11.6 Å². The predicted molar refractivity (Wildman–Crippen MR) is 102 cm³/mol. The lowest BCUT2D eigenvalue weighted by Gasteiger charge is -2.33. The van der Waals surface area contributed by atoms with E-state index in [0.717, 1.165) is 59.4 Å². The largest absolute Gasteiger partial charge is 0.352 e. The van der Waals surface area contributed by atoms with E-state index in [0.29, 0.717) is 0 Å². The van der Waals surface area contributed by atoms with Gasteiger partial charge in [-0.05, 0) is 36.9 Å². The summed E-state index contributed by atoms with van der Waals surface area (Å²) in [7, 11) is 2.16. The van der Waals surface area contributed by atoms with E-state index < -0.39 is 0 Å². The highest BCUT2D eigenvalue weighted by Crippen LogP contribution is 2.38. The first-order valence-electron chi connectivity index (χ1n) is 8.40. The minimum atomic E-state index is 0.730. The van der Waals surface area contributed by atoms with Gasteiger partial charge in [0.05, 0.1) is 11.3 Å². The van der Waals surface area contributed by atoms with Gasteiger partial charge in [-0.25, -0.2) is 0 Å². The molecular formula is C19H20ClN5. The molecule has 0 unspecified atom stereocenters. The number of halogens is 1. The van der Waals surface area contributed by atoms with Crippen LogP contribution in [0.3, 0.4) is 0 Å². The van der Waals surface area contributed by atoms with Crippen LogP contribution in [-0.2, 0) is 0 Å². The van der Waals surface area contributed by atoms with E-state index in [1.807, 2.05) is 48.8 Å². The molecule has 1 aliphatic rings. The molecule has 25 heavy (non-hydrogen) atoms. The summed E-state index contributed by atoms with van der Waals surface area (Å²) in [5, 5.41) is 8.65. The summed E-state index contributed by atoms with van der Waals surface area (Å²) >= 11 is 6.05. The Hall–Kier alpha value is -2.37. The van der Waals surface area contributed by atoms with Gasteiger partial charge in [-0.2, -0.15) is 5.10 Å². The van der Waals surface area contributed by atoms with Gasteiger partial charge >= 0.3 is 0 Å². The zero-order valence-electron chi connectivity index (χ0n) is 14.1. The Morgan fingerprint density at radius 3 is 2.28 bits per heavy atom. The molecule has 0 amide bonds. The Bertz CT molecular complexity index is 836. The molecule has 6 heteroatoms. The average Bonchev–Trinajstić information content (AvgIpc) is 3.09. The first-order chi connectivity index (χ1) is 12.2. The number of hydrogen-bond acceptors (Lipinski definition) is 4. The Labute approximate surface area is 152 Å². The molecule has 3 aromatic rings. The standard InChI is InChI=1S/C19H20ClN5/c1-24-10-12-25(13-11-24)19-17(14-6-8-21-9-7-14)18(22-23-19)15-2-4-16(20)5-3-15/h2-9H,10-13H2,1H3,(H,22,23). The van der Waals surface area contributed by atoms with Crippen molar-refractivity contribution >= 4 is 17.4 Å². The number of rotatable bonds is 3. The number of hydrogen-bond donors (Lipinski definition) is 1. The highest BCUT2D eigenvalue weighted by Gasteiger charge is 2.23. The number of nitrogens with one attached hydrogen (secondary N) is 1. The maximum Gasteiger partial charge on any atom is 0.159 e. The molecule has 1 aromatic carbocycles. The number of pyridine rings is 1. The van der Waals surface area contributed by atoms with Crippen LogP contribution in [0.2, 0.25) is 5.02 Å². The molecule has 2 aromatic heterocycles. The van der Waals surface area contributed by atoms with E-state index in [-0.39, 0.29) is 0 Å². The van der Waals surface area contributed by atoms with E-state index in [1.165, 1.54) is 0 Å². The molecule has 4 rings (SSSR count). The third kappa shape index (κ3) is 3.25. The molecule has 5 nitrogen and oxygen atoms in total. The van der Waals surface area contributed by atoms with Gasteiger partial charge in [0.25, 0.3) is 0 Å². The number of nitrogens with zero attached hydrogens (tertiary/aromatic N) is 4. The van der Waals surface area contributed by atoms with Gasteiger partial charge in [0.15, 0.2) is 5.82 Å². The van der Waals surface area contributed by atoms with Gasteiger partial charge in [0, 0.05) is 49.2 Å². The van der Waals surface area contributed by atoms with Crippen LogP contribution in [0.4, 0.5) is 5.82 Å². The minimum absolute atomic E-state index is 0.730. The number of anilines is 1. The van der Waals surface area contributed by atoms with Crippen molar-refractivity contribution < 1.29 is 0 Å². The first kappa shape index (κ1) is 16.1. The summed E-state index contributed by atoms with van der Waals surface area (Å²) in [6.07, 6.45) is 3.64. The maximum absolute atomic E-state index is 6.05. The molecule has 1 saturated heterocycles. The molecule has 0 bridgehead atoms. The molecule has 3 heterocycles. The summed E-state index contributed by atoms with van der Waals surface area (Å²) in [5.74, 6) is 1.00. The summed E-state index contributed by atoms with van der Waals surface area (Å²) in [6, 6.07) is 11.9. The normalized spacial score (nSPS) is 15.5. The summed E-state index contributed by atoms with van der Waals surface area (Å²) < 4.78 is 0. The molecule has 1 fully saturated rings. The van der Waals surface area contributed by atoms with Gasteiger partial charge < -0.3 is 9.80 Å². The van der Waals surface area contributed by atoms with Crippen molar-refractivity contribution in [3.63, 3.8) is 0 Å². The van der Waals surface area contributed by atoms with Crippen molar-refractivity contribution in [2.45, 2.75) is 0 Å². The van der Waals surface area contributed by atoms with E-state index in [1.54, 1.807) is 0 Å². The van der Waals surface area contributed by atoms with Gasteiger partial charge in [-0.15, -0.1) is 0 Å². The minimum Gasteiger partial charge on any atom is -0.352 e. The predicted octanol–water partition coefficient (Wildman–Crippen LogP) is 3.54. The SMILES string of the molecule is CN1CCN(c2n[nH]c(-c3ccc(Cl)cc3)c2-c2ccncc2)CC1. The van der Waals surface area contributed by atoms with Crippen LogP contribution < -0.4 is 4.90 Å². The van der Waals surface area contributed by atoms with Gasteiger partial charge in [0.1, 0.15) is 0 Å². The Kier molecular flexibility index (Phi) is 4.42. The third-order valence-corrected chi connectivity index (χ3v) is 4.90. The molecule has 0 saturated carbocycles. The van der Waals surface area contributed by atoms with Crippen molar-refractivity contribution in [2.75, 3.05) is 38.1 Å². The summed E-state index contributed by atoms with van der Waals surface area (Å²) in [5.41, 5.74) is 4.32. The van der Waals surface area contributed by atoms with Gasteiger partial charge in [0.2, 0.25) is 0 Å². The zero-order valence-corrected chi connectivity index (χ0v) is 14.9. The lowest BCUT2D eigenvalue weighted by atomic mass is 10.0. The Morgan fingerprint density at radius 2 is 1.60 bits per heavy atom. The van der Waals surface area contributed by atoms with Crippen LogP contribution in [0.1, 0.15) is 0 Å². The molecule has 0 radical (unpaired) electrons. The zero-order chi connectivity index (χ0) is 17.2. The number of aromatic amines is 1. The third-order valence-electron chi connectivity index (χ3n) is 4.65. The lowest BCUT2D eigenvalue weighted by Crippen LogP contribution is -2.44. The van der Waals surface area contributed by atoms with Crippen LogP contribution in [0.5, 0.6) is 0 Å². The van der Waals surface area contributed by atoms with Crippen LogP contribution in [0.15, 0.2) is 48.8 Å². The van der Waals surface area contributed by atoms with Crippen molar-refractivity contribution in [3.8, 4) is 22.4 Å². The summed E-state index contributed by atoms with van der Waals surface area (Å²) in [4.78, 5) is 8.85. The Balaban J connectivity index is 1.81. The number of H-pyrrole nitrogens is 1. The van der Waals surface area contributed by atoms with Crippen LogP contribution in [0.25, 0.3) is 22.4 Å². The molecule has 0 atom stereocenters. The molecular weight excluding hydrogens is 334 g/mol. The van der Waals surface area contributed by atoms with Gasteiger partial charge in [-0.3, -0.25) is 10.1 Å². The quantitative estimate of drug-likeness (QED) is 0.782. The molecule has 128 valence electrons. The lowest BCUT2D eigenvalue weighted by molar-refractivity contribution is 0.312. The van der Waals surface area contributed by atoms with Crippen LogP contribution in [0, 0.1) is 0 Å². The van der Waals surface area contributed by atoms with Crippen LogP contribution >= 0.6 is 11.6 Å². The molecule has 0 spiro atoms.